The van der Waals surface area contributed by atoms with Crippen LogP contribution in [0.2, 0.25) is 0 Å². The van der Waals surface area contributed by atoms with Crippen molar-refractivity contribution in [3.8, 4) is 23.0 Å². The third kappa shape index (κ3) is 8.59. The van der Waals surface area contributed by atoms with Gasteiger partial charge >= 0.3 is 0 Å². The average molecular weight is 829 g/mol. The molecule has 7 nitrogen and oxygen atoms in total. The number of aliphatic hydroxyl groups is 1. The van der Waals surface area contributed by atoms with E-state index in [4.69, 9.17) is 28.4 Å². The topological polar surface area (TPSA) is 82.2 Å². The summed E-state index contributed by atoms with van der Waals surface area (Å²) in [5.74, 6) is 3.15. The number of benzene rings is 6. The van der Waals surface area contributed by atoms with Gasteiger partial charge in [-0.1, -0.05) is 110 Å². The highest BCUT2D eigenvalue weighted by molar-refractivity contribution is 5.57. The van der Waals surface area contributed by atoms with Gasteiger partial charge in [-0.15, -0.1) is 0 Å². The Kier molecular flexibility index (Phi) is 11.8. The number of hydrogen-bond donors (Lipinski definition) is 1. The molecule has 2 aliphatic heterocycles. The van der Waals surface area contributed by atoms with Gasteiger partial charge in [-0.2, -0.15) is 0 Å². The van der Waals surface area contributed by atoms with Gasteiger partial charge in [-0.05, 0) is 132 Å². The summed E-state index contributed by atoms with van der Waals surface area (Å²) in [6.07, 6.45) is 8.33. The number of aliphatic hydroxyl groups excluding tert-OH is 1. The zero-order chi connectivity index (χ0) is 41.8. The Morgan fingerprint density at radius 3 is 1.15 bits per heavy atom. The largest absolute Gasteiger partial charge is 0.491 e. The molecular formula is C55H56O7. The van der Waals surface area contributed by atoms with Crippen molar-refractivity contribution in [3.63, 3.8) is 0 Å². The molecule has 4 atom stereocenters. The van der Waals surface area contributed by atoms with Crippen LogP contribution in [0.15, 0.2) is 146 Å². The lowest BCUT2D eigenvalue weighted by Crippen LogP contribution is -2.30. The summed E-state index contributed by atoms with van der Waals surface area (Å²) in [4.78, 5) is 0. The molecule has 4 aliphatic rings. The van der Waals surface area contributed by atoms with E-state index in [9.17, 15) is 5.11 Å². The maximum Gasteiger partial charge on any atom is 0.122 e. The number of epoxide rings is 2. The molecule has 6 aromatic carbocycles. The summed E-state index contributed by atoms with van der Waals surface area (Å²) in [6, 6.07) is 52.1. The fourth-order valence-corrected chi connectivity index (χ4v) is 10.0. The summed E-state index contributed by atoms with van der Waals surface area (Å²) in [7, 11) is 0. The van der Waals surface area contributed by atoms with E-state index >= 15 is 0 Å². The molecule has 1 N–H and O–H groups in total. The number of ether oxygens (including phenoxy) is 6. The van der Waals surface area contributed by atoms with Crippen LogP contribution in [0.5, 0.6) is 23.0 Å². The van der Waals surface area contributed by atoms with Crippen molar-refractivity contribution < 1.29 is 33.5 Å². The lowest BCUT2D eigenvalue weighted by Gasteiger charge is -2.36. The Morgan fingerprint density at radius 2 is 0.790 bits per heavy atom. The Bertz CT molecular complexity index is 2230. The van der Waals surface area contributed by atoms with Crippen molar-refractivity contribution >= 4 is 0 Å². The molecule has 2 saturated heterocycles. The van der Waals surface area contributed by atoms with E-state index in [1.807, 2.05) is 24.3 Å². The second-order valence-electron chi connectivity index (χ2n) is 17.4. The van der Waals surface area contributed by atoms with Crippen LogP contribution in [0.3, 0.4) is 0 Å². The average Bonchev–Trinajstić information content (AvgIpc) is 4.25. The SMILES string of the molecule is OC(COc1ccc(C2(c3ccc(OCC4CO4)cc3)CCCCc3ccccc32)cc1)COc1ccc(C2(c3ccc(OCC4CO4)cc3)CCCCc3ccccc32)cc1. The maximum atomic E-state index is 11.1. The zero-order valence-corrected chi connectivity index (χ0v) is 35.4. The Balaban J connectivity index is 0.817. The lowest BCUT2D eigenvalue weighted by atomic mass is 9.66. The molecule has 10 rings (SSSR count). The van der Waals surface area contributed by atoms with Crippen LogP contribution in [0, 0.1) is 0 Å². The maximum absolute atomic E-state index is 11.1. The molecule has 7 heteroatoms. The van der Waals surface area contributed by atoms with Crippen LogP contribution >= 0.6 is 0 Å². The van der Waals surface area contributed by atoms with Crippen molar-refractivity contribution in [2.45, 2.75) is 80.5 Å². The van der Waals surface area contributed by atoms with Crippen molar-refractivity contribution in [1.29, 1.82) is 0 Å². The van der Waals surface area contributed by atoms with E-state index in [2.05, 4.69) is 121 Å². The second-order valence-corrected chi connectivity index (χ2v) is 17.4. The van der Waals surface area contributed by atoms with Gasteiger partial charge in [0.25, 0.3) is 0 Å². The highest BCUT2D eigenvalue weighted by atomic mass is 16.6. The quantitative estimate of drug-likeness (QED) is 0.0769. The highest BCUT2D eigenvalue weighted by Crippen LogP contribution is 2.49. The molecule has 2 fully saturated rings. The third-order valence-electron chi connectivity index (χ3n) is 13.4. The van der Waals surface area contributed by atoms with Gasteiger partial charge in [0.05, 0.1) is 13.2 Å². The Labute approximate surface area is 365 Å². The number of rotatable bonds is 16. The van der Waals surface area contributed by atoms with Gasteiger partial charge in [-0.3, -0.25) is 0 Å². The summed E-state index contributed by atoms with van der Waals surface area (Å²) < 4.78 is 35.0. The van der Waals surface area contributed by atoms with Crippen LogP contribution in [0.25, 0.3) is 0 Å². The molecule has 0 radical (unpaired) electrons. The molecule has 0 spiro atoms. The molecule has 62 heavy (non-hydrogen) atoms. The van der Waals surface area contributed by atoms with Crippen LogP contribution < -0.4 is 18.9 Å². The van der Waals surface area contributed by atoms with E-state index in [1.54, 1.807) is 0 Å². The third-order valence-corrected chi connectivity index (χ3v) is 13.4. The monoisotopic (exact) mass is 828 g/mol. The van der Waals surface area contributed by atoms with E-state index in [-0.39, 0.29) is 36.3 Å². The standard InChI is InChI=1S/C55H56O7/c56-45(33-57-46-23-15-41(16-24-46)54(31-7-5-11-39-9-1-3-13-52(39)54)43-19-27-48(28-20-43)59-35-50-37-61-50)34-58-47-25-17-42(18-26-47)55(32-8-6-12-40-10-2-4-14-53(40)55)44-21-29-49(30-22-44)60-36-51-38-62-51/h1-4,9-10,13-30,45,50-51,56H,5-8,11-12,31-38H2. The zero-order valence-electron chi connectivity index (χ0n) is 35.4. The molecule has 4 unspecified atom stereocenters. The van der Waals surface area contributed by atoms with Crippen molar-refractivity contribution in [3.05, 3.63) is 190 Å². The predicted molar refractivity (Wildman–Crippen MR) is 241 cm³/mol. The molecule has 0 aromatic heterocycles. The number of hydrogen-bond acceptors (Lipinski definition) is 7. The van der Waals surface area contributed by atoms with Crippen molar-refractivity contribution in [2.75, 3.05) is 39.6 Å². The molecule has 318 valence electrons. The smallest absolute Gasteiger partial charge is 0.122 e. The van der Waals surface area contributed by atoms with E-state index in [1.165, 1.54) is 44.5 Å². The molecule has 0 saturated carbocycles. The fourth-order valence-electron chi connectivity index (χ4n) is 10.0. The second kappa shape index (κ2) is 18.0. The minimum Gasteiger partial charge on any atom is -0.491 e. The van der Waals surface area contributed by atoms with Crippen LogP contribution in [-0.4, -0.2) is 63.1 Å². The van der Waals surface area contributed by atoms with Crippen LogP contribution in [0.1, 0.15) is 83.0 Å². The van der Waals surface area contributed by atoms with Gasteiger partial charge in [0.2, 0.25) is 0 Å². The van der Waals surface area contributed by atoms with Gasteiger partial charge in [0, 0.05) is 10.8 Å². The summed E-state index contributed by atoms with van der Waals surface area (Å²) in [6.45, 7) is 2.97. The first kappa shape index (κ1) is 40.5. The summed E-state index contributed by atoms with van der Waals surface area (Å²) in [5, 5.41) is 11.1. The Morgan fingerprint density at radius 1 is 0.452 bits per heavy atom. The first-order chi connectivity index (χ1) is 30.6. The van der Waals surface area contributed by atoms with E-state index < -0.39 is 6.10 Å². The van der Waals surface area contributed by atoms with E-state index in [0.717, 1.165) is 76.1 Å². The van der Waals surface area contributed by atoms with E-state index in [0.29, 0.717) is 24.7 Å². The predicted octanol–water partition coefficient (Wildman–Crippen LogP) is 10.2. The molecule has 2 heterocycles. The lowest BCUT2D eigenvalue weighted by molar-refractivity contribution is 0.0626. The van der Waals surface area contributed by atoms with Crippen LogP contribution in [0.4, 0.5) is 0 Å². The van der Waals surface area contributed by atoms with Crippen molar-refractivity contribution in [1.82, 2.24) is 0 Å². The Hall–Kier alpha value is -5.60. The first-order valence-electron chi connectivity index (χ1n) is 22.6. The molecule has 0 amide bonds. The molecule has 6 aromatic rings. The minimum atomic E-state index is -0.811. The normalized spacial score (nSPS) is 23.1. The van der Waals surface area contributed by atoms with Crippen LogP contribution in [-0.2, 0) is 33.1 Å². The molecule has 2 aliphatic carbocycles. The minimum absolute atomic E-state index is 0.117. The summed E-state index contributed by atoms with van der Waals surface area (Å²) >= 11 is 0. The van der Waals surface area contributed by atoms with Gasteiger partial charge in [0.15, 0.2) is 0 Å². The molecular weight excluding hydrogens is 773 g/mol. The highest BCUT2D eigenvalue weighted by Gasteiger charge is 2.40. The fraction of sp³-hybridized carbons (Fsp3) is 0.345. The summed E-state index contributed by atoms with van der Waals surface area (Å²) in [5.41, 5.74) is 9.87. The van der Waals surface area contributed by atoms with Gasteiger partial charge in [-0.25, -0.2) is 0 Å². The van der Waals surface area contributed by atoms with Crippen molar-refractivity contribution in [2.24, 2.45) is 0 Å². The number of fused-ring (bicyclic) bond motifs is 2. The van der Waals surface area contributed by atoms with Gasteiger partial charge < -0.3 is 33.5 Å². The first-order valence-corrected chi connectivity index (χ1v) is 22.6. The molecule has 0 bridgehead atoms. The number of aryl methyl sites for hydroxylation is 2. The van der Waals surface area contributed by atoms with Gasteiger partial charge in [0.1, 0.15) is 67.7 Å².